The van der Waals surface area contributed by atoms with Crippen LogP contribution in [0.3, 0.4) is 0 Å². The fraction of sp³-hybridized carbons (Fsp3) is 0.778. The van der Waals surface area contributed by atoms with E-state index >= 15 is 0 Å². The summed E-state index contributed by atoms with van der Waals surface area (Å²) in [5.74, 6) is 0. The number of rotatable bonds is 4. The highest BCUT2D eigenvalue weighted by molar-refractivity contribution is 5.82. The minimum Gasteiger partial charge on any atom is -0.371 e. The van der Waals surface area contributed by atoms with E-state index < -0.39 is 0 Å². The molecule has 2 fully saturated rings. The molecular weight excluding hydrogens is 184 g/mol. The third kappa shape index (κ3) is 2.78. The van der Waals surface area contributed by atoms with Gasteiger partial charge in [-0.3, -0.25) is 0 Å². The number of hydrogen-bond donors (Lipinski definition) is 0. The van der Waals surface area contributed by atoms with E-state index in [9.17, 15) is 4.79 Å². The summed E-state index contributed by atoms with van der Waals surface area (Å²) in [4.78, 5) is 16.9. The summed E-state index contributed by atoms with van der Waals surface area (Å²) in [6.45, 7) is 4.51. The van der Waals surface area contributed by atoms with Crippen molar-refractivity contribution < 1.29 is 14.3 Å². The van der Waals surface area contributed by atoms with E-state index in [1.165, 1.54) is 6.21 Å². The van der Waals surface area contributed by atoms with Gasteiger partial charge in [-0.2, -0.15) is 0 Å². The second-order valence-corrected chi connectivity index (χ2v) is 3.49. The van der Waals surface area contributed by atoms with Gasteiger partial charge in [0.2, 0.25) is 0 Å². The Balaban J connectivity index is 1.84. The molecule has 2 rings (SSSR count). The third-order valence-electron chi connectivity index (χ3n) is 2.16. The van der Waals surface area contributed by atoms with Gasteiger partial charge in [-0.15, -0.1) is 0 Å². The number of carbonyl (C=O) groups is 1. The van der Waals surface area contributed by atoms with Gasteiger partial charge in [0.1, 0.15) is 0 Å². The molecule has 2 atom stereocenters. The highest BCUT2D eigenvalue weighted by Crippen LogP contribution is 2.16. The molecule has 14 heavy (non-hydrogen) atoms. The zero-order valence-corrected chi connectivity index (χ0v) is 8.18. The van der Waals surface area contributed by atoms with Crippen molar-refractivity contribution in [1.29, 1.82) is 0 Å². The van der Waals surface area contributed by atoms with Crippen LogP contribution in [0.2, 0.25) is 0 Å². The van der Waals surface area contributed by atoms with Gasteiger partial charge in [0.25, 0.3) is 0 Å². The molecule has 0 radical (unpaired) electrons. The monoisotopic (exact) mass is 198 g/mol. The first-order chi connectivity index (χ1) is 6.79. The van der Waals surface area contributed by atoms with Crippen LogP contribution in [0, 0.1) is 0 Å². The fourth-order valence-corrected chi connectivity index (χ4v) is 1.26. The summed E-state index contributed by atoms with van der Waals surface area (Å²) < 4.78 is 10.2. The van der Waals surface area contributed by atoms with Gasteiger partial charge in [-0.05, 0) is 6.92 Å². The maximum atomic E-state index is 11.5. The standard InChI is InChI=1S/C9H14N2O3/c1-2-10-9(12)11(3-7-5-13-7)4-8-6-14-8/h2,7-8H,3-6H2,1H3/b10-2+. The summed E-state index contributed by atoms with van der Waals surface area (Å²) in [6, 6.07) is -0.196. The van der Waals surface area contributed by atoms with Crippen molar-refractivity contribution in [2.45, 2.75) is 19.1 Å². The van der Waals surface area contributed by atoms with Gasteiger partial charge in [0, 0.05) is 6.21 Å². The van der Waals surface area contributed by atoms with Crippen molar-refractivity contribution in [2.24, 2.45) is 4.99 Å². The number of amides is 2. The van der Waals surface area contributed by atoms with Crippen molar-refractivity contribution in [3.8, 4) is 0 Å². The first-order valence-corrected chi connectivity index (χ1v) is 4.80. The van der Waals surface area contributed by atoms with E-state index in [4.69, 9.17) is 9.47 Å². The van der Waals surface area contributed by atoms with Crippen molar-refractivity contribution in [1.82, 2.24) is 4.90 Å². The molecule has 0 aromatic rings. The van der Waals surface area contributed by atoms with Gasteiger partial charge in [0.05, 0.1) is 38.5 Å². The number of urea groups is 1. The second kappa shape index (κ2) is 4.06. The number of aliphatic imine (C=N–C) groups is 1. The van der Waals surface area contributed by atoms with Crippen LogP contribution in [0.25, 0.3) is 0 Å². The molecule has 0 aromatic carbocycles. The van der Waals surface area contributed by atoms with E-state index in [1.54, 1.807) is 11.8 Å². The molecule has 2 saturated heterocycles. The molecule has 0 saturated carbocycles. The predicted octanol–water partition coefficient (Wildman–Crippen LogP) is 0.297. The Labute approximate surface area is 82.7 Å². The molecule has 0 spiro atoms. The van der Waals surface area contributed by atoms with Crippen LogP contribution in [0.5, 0.6) is 0 Å². The van der Waals surface area contributed by atoms with Crippen LogP contribution >= 0.6 is 0 Å². The molecule has 78 valence electrons. The topological polar surface area (TPSA) is 57.7 Å². The van der Waals surface area contributed by atoms with Gasteiger partial charge in [-0.1, -0.05) is 0 Å². The first kappa shape index (κ1) is 9.61. The van der Waals surface area contributed by atoms with Crippen LogP contribution in [-0.4, -0.2) is 55.7 Å². The molecule has 2 heterocycles. The fourth-order valence-electron chi connectivity index (χ4n) is 1.26. The van der Waals surface area contributed by atoms with E-state index in [0.29, 0.717) is 13.1 Å². The predicted molar refractivity (Wildman–Crippen MR) is 50.6 cm³/mol. The minimum absolute atomic E-state index is 0.196. The van der Waals surface area contributed by atoms with E-state index in [-0.39, 0.29) is 18.2 Å². The van der Waals surface area contributed by atoms with E-state index in [1.807, 2.05) is 0 Å². The van der Waals surface area contributed by atoms with Gasteiger partial charge >= 0.3 is 6.03 Å². The first-order valence-electron chi connectivity index (χ1n) is 4.80. The summed E-state index contributed by atoms with van der Waals surface area (Å²) in [7, 11) is 0. The van der Waals surface area contributed by atoms with Gasteiger partial charge in [-0.25, -0.2) is 9.79 Å². The summed E-state index contributed by atoms with van der Waals surface area (Å²) in [5, 5.41) is 0. The molecule has 0 bridgehead atoms. The van der Waals surface area contributed by atoms with Crippen molar-refractivity contribution in [3.05, 3.63) is 0 Å². The lowest BCUT2D eigenvalue weighted by atomic mass is 10.3. The Bertz CT molecular complexity index is 232. The second-order valence-electron chi connectivity index (χ2n) is 3.49. The average Bonchev–Trinajstić information content (AvgIpc) is 2.97. The maximum absolute atomic E-state index is 11.5. The Hall–Kier alpha value is -0.940. The van der Waals surface area contributed by atoms with Crippen LogP contribution in [0.1, 0.15) is 6.92 Å². The molecule has 2 unspecified atom stereocenters. The molecule has 2 aliphatic heterocycles. The van der Waals surface area contributed by atoms with E-state index in [0.717, 1.165) is 13.2 Å². The number of carbonyl (C=O) groups excluding carboxylic acids is 1. The van der Waals surface area contributed by atoms with Crippen molar-refractivity contribution in [3.63, 3.8) is 0 Å². The Kier molecular flexibility index (Phi) is 2.79. The number of epoxide rings is 2. The molecule has 5 nitrogen and oxygen atoms in total. The molecular formula is C9H14N2O3. The molecule has 0 aromatic heterocycles. The normalized spacial score (nSPS) is 29.2. The van der Waals surface area contributed by atoms with Crippen LogP contribution in [0.4, 0.5) is 4.79 Å². The number of ether oxygens (including phenoxy) is 2. The van der Waals surface area contributed by atoms with Gasteiger partial charge in [0.15, 0.2) is 0 Å². The largest absolute Gasteiger partial charge is 0.371 e. The van der Waals surface area contributed by atoms with E-state index in [2.05, 4.69) is 4.99 Å². The Morgan fingerprint density at radius 3 is 2.29 bits per heavy atom. The number of nitrogens with zero attached hydrogens (tertiary/aromatic N) is 2. The highest BCUT2D eigenvalue weighted by Gasteiger charge is 2.32. The molecule has 5 heteroatoms. The summed E-state index contributed by atoms with van der Waals surface area (Å²) in [5.41, 5.74) is 0. The average molecular weight is 198 g/mol. The molecule has 0 N–H and O–H groups in total. The highest BCUT2D eigenvalue weighted by atomic mass is 16.6. The van der Waals surface area contributed by atoms with Crippen molar-refractivity contribution >= 4 is 12.2 Å². The lowest BCUT2D eigenvalue weighted by Crippen LogP contribution is -2.35. The lowest BCUT2D eigenvalue weighted by Gasteiger charge is -2.17. The SMILES string of the molecule is C/C=N/C(=O)N(CC1CO1)CC1CO1. The van der Waals surface area contributed by atoms with Gasteiger partial charge < -0.3 is 14.4 Å². The summed E-state index contributed by atoms with van der Waals surface area (Å²) >= 11 is 0. The molecule has 2 aliphatic rings. The zero-order chi connectivity index (χ0) is 9.97. The summed E-state index contributed by atoms with van der Waals surface area (Å²) in [6.07, 6.45) is 1.94. The molecule has 2 amide bonds. The van der Waals surface area contributed by atoms with Crippen LogP contribution in [0.15, 0.2) is 4.99 Å². The maximum Gasteiger partial charge on any atom is 0.343 e. The molecule has 0 aliphatic carbocycles. The lowest BCUT2D eigenvalue weighted by molar-refractivity contribution is 0.194. The quantitative estimate of drug-likeness (QED) is 0.482. The minimum atomic E-state index is -0.196. The van der Waals surface area contributed by atoms with Crippen LogP contribution in [-0.2, 0) is 9.47 Å². The Morgan fingerprint density at radius 1 is 1.43 bits per heavy atom. The smallest absolute Gasteiger partial charge is 0.343 e. The Morgan fingerprint density at radius 2 is 1.93 bits per heavy atom. The number of hydrogen-bond acceptors (Lipinski definition) is 3. The van der Waals surface area contributed by atoms with Crippen molar-refractivity contribution in [2.75, 3.05) is 26.3 Å². The van der Waals surface area contributed by atoms with Crippen LogP contribution < -0.4 is 0 Å². The third-order valence-corrected chi connectivity index (χ3v) is 2.16. The zero-order valence-electron chi connectivity index (χ0n) is 8.18.